The molecule has 1 aliphatic heterocycles. The molecule has 1 aromatic carbocycles. The molecule has 4 aromatic rings. The van der Waals surface area contributed by atoms with Crippen molar-refractivity contribution in [3.8, 4) is 17.1 Å². The van der Waals surface area contributed by atoms with Crippen LogP contribution >= 0.6 is 0 Å². The van der Waals surface area contributed by atoms with Gasteiger partial charge in [-0.05, 0) is 49.9 Å². The highest BCUT2D eigenvalue weighted by atomic mass is 19.3. The maximum absolute atomic E-state index is 13.6. The fraction of sp³-hybridized carbons (Fsp3) is 0.333. The maximum atomic E-state index is 13.6. The summed E-state index contributed by atoms with van der Waals surface area (Å²) >= 11 is 0. The molecule has 3 aliphatic rings. The molecular formula is C27H24F2N6O2. The summed E-state index contributed by atoms with van der Waals surface area (Å²) in [4.78, 5) is 23.5. The molecular weight excluding hydrogens is 478 g/mol. The summed E-state index contributed by atoms with van der Waals surface area (Å²) in [6, 6.07) is 6.99. The van der Waals surface area contributed by atoms with Crippen molar-refractivity contribution in [2.75, 3.05) is 6.98 Å². The van der Waals surface area contributed by atoms with E-state index in [1.54, 1.807) is 29.2 Å². The second-order valence-corrected chi connectivity index (χ2v) is 9.92. The van der Waals surface area contributed by atoms with E-state index in [1.807, 2.05) is 6.07 Å². The number of halogens is 2. The van der Waals surface area contributed by atoms with Crippen LogP contribution < -0.4 is 10.5 Å². The Morgan fingerprint density at radius 3 is 2.73 bits per heavy atom. The number of nitrogens with two attached hydrogens (primary N) is 1. The Balaban J connectivity index is 1.40. The molecule has 1 amide bonds. The van der Waals surface area contributed by atoms with Crippen LogP contribution in [0.2, 0.25) is 0 Å². The largest absolute Gasteiger partial charge is 0.434 e. The lowest BCUT2D eigenvalue weighted by molar-refractivity contribution is -0.0505. The Kier molecular flexibility index (Phi) is 4.05. The third-order valence-corrected chi connectivity index (χ3v) is 7.95. The first-order chi connectivity index (χ1) is 19.0. The van der Waals surface area contributed by atoms with Crippen molar-refractivity contribution in [3.05, 3.63) is 76.9 Å². The summed E-state index contributed by atoms with van der Waals surface area (Å²) < 4.78 is 57.7. The van der Waals surface area contributed by atoms with Crippen LogP contribution in [-0.2, 0) is 5.54 Å². The molecule has 188 valence electrons. The molecule has 2 atom stereocenters. The molecule has 1 fully saturated rings. The number of aromatic nitrogens is 4. The third kappa shape index (κ3) is 3.21. The van der Waals surface area contributed by atoms with Gasteiger partial charge in [-0.2, -0.15) is 13.9 Å². The highest BCUT2D eigenvalue weighted by molar-refractivity contribution is 5.98. The molecule has 8 nitrogen and oxygen atoms in total. The Hall–Kier alpha value is -3.92. The number of alkyl halides is 2. The van der Waals surface area contributed by atoms with E-state index < -0.39 is 31.5 Å². The Bertz CT molecular complexity index is 1670. The molecule has 0 unspecified atom stereocenters. The molecule has 7 rings (SSSR count). The number of rotatable bonds is 4. The third-order valence-electron chi connectivity index (χ3n) is 7.95. The summed E-state index contributed by atoms with van der Waals surface area (Å²) in [6.07, 6.45) is 8.22. The summed E-state index contributed by atoms with van der Waals surface area (Å²) in [7, 11) is 0. The van der Waals surface area contributed by atoms with Gasteiger partial charge in [-0.15, -0.1) is 0 Å². The first-order valence-electron chi connectivity index (χ1n) is 13.6. The summed E-state index contributed by atoms with van der Waals surface area (Å²) in [5, 5.41) is 4.67. The van der Waals surface area contributed by atoms with Crippen LogP contribution in [0.25, 0.3) is 16.9 Å². The molecule has 10 heteroatoms. The van der Waals surface area contributed by atoms with E-state index >= 15 is 0 Å². The van der Waals surface area contributed by atoms with Gasteiger partial charge < -0.3 is 15.4 Å². The lowest BCUT2D eigenvalue weighted by atomic mass is 9.74. The zero-order chi connectivity index (χ0) is 28.0. The van der Waals surface area contributed by atoms with Gasteiger partial charge in [-0.25, -0.2) is 14.5 Å². The Morgan fingerprint density at radius 2 is 2.03 bits per heavy atom. The van der Waals surface area contributed by atoms with Gasteiger partial charge in [0.05, 0.1) is 17.3 Å². The molecule has 1 saturated carbocycles. The van der Waals surface area contributed by atoms with Crippen LogP contribution in [0.5, 0.6) is 5.75 Å². The monoisotopic (exact) mass is 505 g/mol. The summed E-state index contributed by atoms with van der Waals surface area (Å²) in [6.45, 7) is -5.91. The van der Waals surface area contributed by atoms with E-state index in [-0.39, 0.29) is 28.8 Å². The fourth-order valence-corrected chi connectivity index (χ4v) is 5.91. The number of hydrogen-bond acceptors (Lipinski definition) is 6. The predicted octanol–water partition coefficient (Wildman–Crippen LogP) is 4.39. The summed E-state index contributed by atoms with van der Waals surface area (Å²) in [5.74, 6) is -1.06. The lowest BCUT2D eigenvalue weighted by Gasteiger charge is -2.37. The van der Waals surface area contributed by atoms with Crippen molar-refractivity contribution in [2.24, 2.45) is 5.73 Å². The first-order valence-corrected chi connectivity index (χ1v) is 12.1. The topological polar surface area (TPSA) is 98.6 Å². The Morgan fingerprint density at radius 1 is 1.22 bits per heavy atom. The second-order valence-electron chi connectivity index (χ2n) is 9.92. The Labute approximate surface area is 215 Å². The van der Waals surface area contributed by atoms with Crippen molar-refractivity contribution in [1.29, 1.82) is 0 Å². The first kappa shape index (κ1) is 19.2. The predicted molar refractivity (Wildman–Crippen MR) is 130 cm³/mol. The van der Waals surface area contributed by atoms with Gasteiger partial charge >= 0.3 is 6.61 Å². The zero-order valence-electron chi connectivity index (χ0n) is 22.6. The van der Waals surface area contributed by atoms with Crippen molar-refractivity contribution in [2.45, 2.75) is 49.8 Å². The minimum Gasteiger partial charge on any atom is -0.434 e. The van der Waals surface area contributed by atoms with Crippen LogP contribution in [0, 0.1) is 0 Å². The number of carbonyl (C=O) groups is 1. The molecule has 2 aliphatic carbocycles. The normalized spacial score (nSPS) is 23.1. The smallest absolute Gasteiger partial charge is 0.387 e. The van der Waals surface area contributed by atoms with Gasteiger partial charge in [-0.3, -0.25) is 4.79 Å². The number of hydrogen-bond donors (Lipinski definition) is 1. The second kappa shape index (κ2) is 7.79. The van der Waals surface area contributed by atoms with Crippen molar-refractivity contribution < 1.29 is 22.4 Å². The highest BCUT2D eigenvalue weighted by Crippen LogP contribution is 2.53. The van der Waals surface area contributed by atoms with Gasteiger partial charge in [0.1, 0.15) is 5.75 Å². The fourth-order valence-electron chi connectivity index (χ4n) is 5.91. The quantitative estimate of drug-likeness (QED) is 0.442. The minimum atomic E-state index is -3.12. The molecule has 2 bridgehead atoms. The number of benzene rings is 1. The molecule has 0 spiro atoms. The molecule has 3 aromatic heterocycles. The number of carbonyl (C=O) groups excluding carboxylic acids is 1. The van der Waals surface area contributed by atoms with Gasteiger partial charge in [0.2, 0.25) is 0 Å². The van der Waals surface area contributed by atoms with E-state index in [9.17, 15) is 13.6 Å². The number of fused-ring (bicyclic) bond motifs is 9. The van der Waals surface area contributed by atoms with Crippen LogP contribution in [0.1, 0.15) is 74.5 Å². The number of pyridine rings is 1. The van der Waals surface area contributed by atoms with Crippen molar-refractivity contribution in [3.63, 3.8) is 0 Å². The van der Waals surface area contributed by atoms with Crippen LogP contribution in [-0.4, -0.2) is 44.0 Å². The van der Waals surface area contributed by atoms with Crippen LogP contribution in [0.4, 0.5) is 8.78 Å². The molecule has 4 heterocycles. The van der Waals surface area contributed by atoms with Gasteiger partial charge in [0, 0.05) is 69.0 Å². The van der Waals surface area contributed by atoms with E-state index in [2.05, 4.69) is 15.1 Å². The highest BCUT2D eigenvalue weighted by Gasteiger charge is 2.46. The van der Waals surface area contributed by atoms with Gasteiger partial charge in [0.25, 0.3) is 5.91 Å². The van der Waals surface area contributed by atoms with E-state index in [1.165, 1.54) is 18.2 Å². The van der Waals surface area contributed by atoms with Crippen LogP contribution in [0.3, 0.4) is 0 Å². The van der Waals surface area contributed by atoms with Crippen molar-refractivity contribution >= 4 is 11.4 Å². The van der Waals surface area contributed by atoms with Crippen molar-refractivity contribution in [1.82, 2.24) is 24.5 Å². The summed E-state index contributed by atoms with van der Waals surface area (Å²) in [5.41, 5.74) is 9.57. The van der Waals surface area contributed by atoms with Gasteiger partial charge in [0.15, 0.2) is 5.82 Å². The standard InChI is InChI=1S/C27H24F2N6O2/c1-34-19-11-17(21-16(25(34)36)4-2-5-20(21)37-26(28)29)22-18-10-14(6-9-35(18)33-23(19)22)24-31-12-15(13-32-24)27(30)7-3-8-27/h2,4-6,9-10,12-13,17,19,26H,3,7-8,11,30H2,1H3/t17-,19-/m1/s1/i1D3. The van der Waals surface area contributed by atoms with Gasteiger partial charge in [-0.1, -0.05) is 6.07 Å². The molecule has 0 radical (unpaired) electrons. The molecule has 37 heavy (non-hydrogen) atoms. The number of nitrogens with zero attached hydrogens (tertiary/aromatic N) is 5. The van der Waals surface area contributed by atoms with Crippen LogP contribution in [0.15, 0.2) is 48.9 Å². The van der Waals surface area contributed by atoms with E-state index in [4.69, 9.17) is 14.6 Å². The number of ether oxygens (including phenoxy) is 1. The maximum Gasteiger partial charge on any atom is 0.387 e. The molecule has 0 saturated heterocycles. The average molecular weight is 506 g/mol. The molecule has 2 N–H and O–H groups in total. The van der Waals surface area contributed by atoms with E-state index in [0.717, 1.165) is 29.7 Å². The lowest BCUT2D eigenvalue weighted by Crippen LogP contribution is -2.43. The average Bonchev–Trinajstić information content (AvgIpc) is 3.39. The number of amides is 1. The SMILES string of the molecule is [2H]C([2H])([2H])N1C(=O)c2cccc(OC(F)F)c2[C@H]2C[C@@H]1c1nn3ccc(-c4ncc(C5(N)CCC5)cn4)cc3c12. The zero-order valence-corrected chi connectivity index (χ0v) is 19.6. The van der Waals surface area contributed by atoms with E-state index in [0.29, 0.717) is 28.2 Å². The minimum absolute atomic E-state index is 0.0218.